The number of carbonyl (C=O) groups is 1. The van der Waals surface area contributed by atoms with Gasteiger partial charge in [0.1, 0.15) is 41.1 Å². The number of amides is 1. The molecule has 4 rings (SSSR count). The lowest BCUT2D eigenvalue weighted by molar-refractivity contribution is 0.100. The number of nitrogens with zero attached hydrogens (tertiary/aromatic N) is 3. The number of aromatic amines is 1. The van der Waals surface area contributed by atoms with Gasteiger partial charge in [-0.1, -0.05) is 18.2 Å². The molecule has 4 aromatic rings. The zero-order valence-electron chi connectivity index (χ0n) is 20.0. The number of hydrogen-bond donors (Lipinski definition) is 4. The summed E-state index contributed by atoms with van der Waals surface area (Å²) in [6, 6.07) is 9.03. The predicted octanol–water partition coefficient (Wildman–Crippen LogP) is 3.40. The molecule has 2 aromatic carbocycles. The highest BCUT2D eigenvalue weighted by Gasteiger charge is 2.26. The molecule has 0 aliphatic rings. The number of nitrogens with two attached hydrogens (primary N) is 1. The highest BCUT2D eigenvalue weighted by Crippen LogP contribution is 2.35. The Bertz CT molecular complexity index is 1580. The first-order chi connectivity index (χ1) is 18.6. The highest BCUT2D eigenvalue weighted by atomic mass is 32.2. The van der Waals surface area contributed by atoms with E-state index in [1.807, 2.05) is 0 Å². The average molecular weight is 564 g/mol. The lowest BCUT2D eigenvalue weighted by Gasteiger charge is -2.15. The van der Waals surface area contributed by atoms with Crippen molar-refractivity contribution < 1.29 is 35.9 Å². The minimum absolute atomic E-state index is 0.0429. The Balaban J connectivity index is 1.70. The van der Waals surface area contributed by atoms with E-state index in [1.54, 1.807) is 4.72 Å². The first-order valence-electron chi connectivity index (χ1n) is 10.9. The van der Waals surface area contributed by atoms with Crippen LogP contribution < -0.4 is 25.2 Å². The Morgan fingerprint density at radius 1 is 1.13 bits per heavy atom. The number of carbonyl (C=O) groups excluding carboxylic acids is 1. The molecule has 2 aromatic heterocycles. The van der Waals surface area contributed by atoms with Crippen molar-refractivity contribution in [3.63, 3.8) is 0 Å². The third kappa shape index (κ3) is 6.35. The summed E-state index contributed by atoms with van der Waals surface area (Å²) >= 11 is 0. The van der Waals surface area contributed by atoms with Gasteiger partial charge in [0, 0.05) is 5.56 Å². The van der Waals surface area contributed by atoms with Gasteiger partial charge in [-0.2, -0.15) is 13.9 Å². The third-order valence-corrected chi connectivity index (χ3v) is 6.13. The minimum Gasteiger partial charge on any atom is -0.487 e. The summed E-state index contributed by atoms with van der Waals surface area (Å²) < 4.78 is 75.3. The fourth-order valence-electron chi connectivity index (χ4n) is 3.31. The van der Waals surface area contributed by atoms with Crippen LogP contribution in [0, 0.1) is 5.82 Å². The summed E-state index contributed by atoms with van der Waals surface area (Å²) in [5, 5.41) is 9.59. The Hall–Kier alpha value is -4.86. The van der Waals surface area contributed by atoms with Crippen molar-refractivity contribution in [1.82, 2.24) is 20.2 Å². The molecule has 204 valence electrons. The molecule has 1 amide bonds. The molecule has 0 bridgehead atoms. The van der Waals surface area contributed by atoms with E-state index in [0.29, 0.717) is 5.56 Å². The average Bonchev–Trinajstić information content (AvgIpc) is 3.33. The number of primary amides is 1. The normalized spacial score (nSPS) is 11.3. The number of alkyl halides is 2. The standard InChI is InChI=1S/C23H20F3N7O5S/c1-37-18-10-28-17(9-29-18)30-22-19(21(27)34)20(31-32-22)13-4-7-15(33-39(35,36)23(25)26)16(8-13)38-11-12-2-5-14(24)6-3-12/h2-10,23,33H,11H2,1H3,(H2,27,34)(H2,28,30,31,32). The lowest BCUT2D eigenvalue weighted by atomic mass is 10.1. The van der Waals surface area contributed by atoms with Crippen LogP contribution in [0.2, 0.25) is 0 Å². The first kappa shape index (κ1) is 27.2. The van der Waals surface area contributed by atoms with E-state index in [4.69, 9.17) is 15.2 Å². The van der Waals surface area contributed by atoms with Crippen LogP contribution in [0.5, 0.6) is 11.6 Å². The van der Waals surface area contributed by atoms with Gasteiger partial charge in [-0.15, -0.1) is 0 Å². The third-order valence-electron chi connectivity index (χ3n) is 5.15. The zero-order valence-corrected chi connectivity index (χ0v) is 20.8. The van der Waals surface area contributed by atoms with Crippen LogP contribution in [0.1, 0.15) is 15.9 Å². The predicted molar refractivity (Wildman–Crippen MR) is 134 cm³/mol. The molecule has 0 atom stereocenters. The number of H-pyrrole nitrogens is 1. The molecule has 2 heterocycles. The Kier molecular flexibility index (Phi) is 7.85. The van der Waals surface area contributed by atoms with Gasteiger partial charge in [0.15, 0.2) is 0 Å². The maximum atomic E-state index is 13.2. The van der Waals surface area contributed by atoms with Crippen molar-refractivity contribution in [1.29, 1.82) is 0 Å². The van der Waals surface area contributed by atoms with Crippen molar-refractivity contribution in [2.24, 2.45) is 5.73 Å². The quantitative estimate of drug-likeness (QED) is 0.213. The molecule has 12 nitrogen and oxygen atoms in total. The Labute approximate surface area is 219 Å². The van der Waals surface area contributed by atoms with Gasteiger partial charge in [0.25, 0.3) is 15.9 Å². The number of anilines is 3. The molecule has 5 N–H and O–H groups in total. The van der Waals surface area contributed by atoms with E-state index >= 15 is 0 Å². The van der Waals surface area contributed by atoms with E-state index in [1.165, 1.54) is 55.9 Å². The molecule has 39 heavy (non-hydrogen) atoms. The molecule has 0 aliphatic carbocycles. The van der Waals surface area contributed by atoms with Crippen LogP contribution >= 0.6 is 0 Å². The summed E-state index contributed by atoms with van der Waals surface area (Å²) in [4.78, 5) is 20.4. The summed E-state index contributed by atoms with van der Waals surface area (Å²) in [5.74, 6) is -4.66. The van der Waals surface area contributed by atoms with Crippen molar-refractivity contribution in [2.45, 2.75) is 12.4 Å². The maximum Gasteiger partial charge on any atom is 0.355 e. The van der Waals surface area contributed by atoms with Crippen LogP contribution in [-0.4, -0.2) is 47.4 Å². The summed E-state index contributed by atoms with van der Waals surface area (Å²) in [6.07, 6.45) is 2.68. The van der Waals surface area contributed by atoms with Crippen LogP contribution in [-0.2, 0) is 16.6 Å². The monoisotopic (exact) mass is 563 g/mol. The number of nitrogens with one attached hydrogen (secondary N) is 3. The molecule has 0 spiro atoms. The SMILES string of the molecule is COc1cnc(Nc2[nH]nc(-c3ccc(NS(=O)(=O)C(F)F)c(OCc4ccc(F)cc4)c3)c2C(N)=O)cn1. The number of sulfonamides is 1. The van der Waals surface area contributed by atoms with Gasteiger partial charge < -0.3 is 20.5 Å². The maximum absolute atomic E-state index is 13.2. The van der Waals surface area contributed by atoms with Crippen molar-refractivity contribution >= 4 is 33.3 Å². The number of methoxy groups -OCH3 is 1. The molecule has 0 unspecified atom stereocenters. The van der Waals surface area contributed by atoms with Crippen LogP contribution in [0.15, 0.2) is 54.9 Å². The Morgan fingerprint density at radius 2 is 1.87 bits per heavy atom. The molecule has 0 radical (unpaired) electrons. The van der Waals surface area contributed by atoms with Gasteiger partial charge in [0.05, 0.1) is 25.2 Å². The van der Waals surface area contributed by atoms with E-state index in [-0.39, 0.29) is 52.4 Å². The molecular weight excluding hydrogens is 543 g/mol. The second kappa shape index (κ2) is 11.3. The van der Waals surface area contributed by atoms with E-state index in [0.717, 1.165) is 6.07 Å². The minimum atomic E-state index is -5.04. The molecule has 0 aliphatic heterocycles. The fourth-order valence-corrected chi connectivity index (χ4v) is 3.87. The van der Waals surface area contributed by atoms with Crippen molar-refractivity contribution in [2.75, 3.05) is 17.1 Å². The molecular formula is C23H20F3N7O5S. The fraction of sp³-hybridized carbons (Fsp3) is 0.130. The van der Waals surface area contributed by atoms with Gasteiger partial charge in [-0.3, -0.25) is 14.6 Å². The number of rotatable bonds is 11. The van der Waals surface area contributed by atoms with Crippen molar-refractivity contribution in [3.05, 3.63) is 71.8 Å². The highest BCUT2D eigenvalue weighted by molar-refractivity contribution is 7.93. The summed E-state index contributed by atoms with van der Waals surface area (Å²) in [5.41, 5.74) is 5.99. The van der Waals surface area contributed by atoms with Gasteiger partial charge in [-0.05, 0) is 29.8 Å². The van der Waals surface area contributed by atoms with Crippen LogP contribution in [0.3, 0.4) is 0 Å². The first-order valence-corrected chi connectivity index (χ1v) is 12.4. The van der Waals surface area contributed by atoms with Crippen molar-refractivity contribution in [3.8, 4) is 22.9 Å². The van der Waals surface area contributed by atoms with E-state index < -0.39 is 27.5 Å². The second-order valence-corrected chi connectivity index (χ2v) is 9.44. The second-order valence-electron chi connectivity index (χ2n) is 7.79. The number of benzene rings is 2. The number of aromatic nitrogens is 4. The van der Waals surface area contributed by atoms with Crippen LogP contribution in [0.4, 0.5) is 30.5 Å². The van der Waals surface area contributed by atoms with E-state index in [2.05, 4.69) is 25.5 Å². The van der Waals surface area contributed by atoms with Gasteiger partial charge >= 0.3 is 5.76 Å². The molecule has 0 saturated carbocycles. The number of ether oxygens (including phenoxy) is 2. The summed E-state index contributed by atoms with van der Waals surface area (Å²) in [6.45, 7) is -0.167. The van der Waals surface area contributed by atoms with Gasteiger partial charge in [0.2, 0.25) is 5.88 Å². The lowest BCUT2D eigenvalue weighted by Crippen LogP contribution is -2.21. The van der Waals surface area contributed by atoms with Crippen LogP contribution in [0.25, 0.3) is 11.3 Å². The molecule has 0 fully saturated rings. The number of halogens is 3. The van der Waals surface area contributed by atoms with E-state index in [9.17, 15) is 26.4 Å². The summed E-state index contributed by atoms with van der Waals surface area (Å²) in [7, 11) is -3.62. The smallest absolute Gasteiger partial charge is 0.355 e. The van der Waals surface area contributed by atoms with Gasteiger partial charge in [-0.25, -0.2) is 22.8 Å². The molecule has 0 saturated heterocycles. The largest absolute Gasteiger partial charge is 0.487 e. The number of hydrogen-bond acceptors (Lipinski definition) is 9. The zero-order chi connectivity index (χ0) is 28.2. The molecule has 16 heteroatoms. The Morgan fingerprint density at radius 3 is 2.49 bits per heavy atom. The topological polar surface area (TPSA) is 174 Å².